The number of benzene rings is 2. The van der Waals surface area contributed by atoms with Crippen molar-refractivity contribution in [3.05, 3.63) is 65.1 Å². The van der Waals surface area contributed by atoms with Crippen molar-refractivity contribution in [2.24, 2.45) is 0 Å². The summed E-state index contributed by atoms with van der Waals surface area (Å²) in [6.07, 6.45) is 2.38. The molecular weight excluding hydrogens is 498 g/mol. The number of hydrogen-bond acceptors (Lipinski definition) is 5. The third kappa shape index (κ3) is 5.80. The Bertz CT molecular complexity index is 1360. The summed E-state index contributed by atoms with van der Waals surface area (Å²) < 4.78 is 52.2. The van der Waals surface area contributed by atoms with Gasteiger partial charge in [0.25, 0.3) is 0 Å². The third-order valence-electron chi connectivity index (χ3n) is 7.29. The van der Waals surface area contributed by atoms with E-state index in [0.717, 1.165) is 66.8 Å². The van der Waals surface area contributed by atoms with Crippen molar-refractivity contribution in [1.29, 1.82) is 0 Å². The predicted molar refractivity (Wildman–Crippen MR) is 139 cm³/mol. The van der Waals surface area contributed by atoms with Crippen LogP contribution in [0.2, 0.25) is 0 Å². The topological polar surface area (TPSA) is 61.4 Å². The molecule has 1 amide bonds. The first-order valence-electron chi connectivity index (χ1n) is 12.8. The van der Waals surface area contributed by atoms with E-state index < -0.39 is 23.5 Å². The van der Waals surface area contributed by atoms with Crippen LogP contribution in [0.3, 0.4) is 0 Å². The summed E-state index contributed by atoms with van der Waals surface area (Å²) in [6, 6.07) is 8.14. The lowest BCUT2D eigenvalue weighted by atomic mass is 10.0. The zero-order valence-electron chi connectivity index (χ0n) is 21.1. The number of aromatic nitrogens is 2. The largest absolute Gasteiger partial charge is 0.416 e. The van der Waals surface area contributed by atoms with Crippen LogP contribution in [0.25, 0.3) is 17.0 Å². The van der Waals surface area contributed by atoms with Gasteiger partial charge in [-0.15, -0.1) is 0 Å². The van der Waals surface area contributed by atoms with Crippen LogP contribution in [0, 0.1) is 12.7 Å². The number of piperidine rings is 1. The van der Waals surface area contributed by atoms with E-state index in [1.54, 1.807) is 12.1 Å². The van der Waals surface area contributed by atoms with Crippen molar-refractivity contribution in [3.8, 4) is 0 Å². The Morgan fingerprint density at radius 3 is 2.45 bits per heavy atom. The Hall–Kier alpha value is -3.53. The van der Waals surface area contributed by atoms with E-state index in [9.17, 15) is 22.4 Å². The molecule has 2 fully saturated rings. The minimum atomic E-state index is -4.64. The molecule has 2 aromatic carbocycles. The van der Waals surface area contributed by atoms with Gasteiger partial charge in [0.1, 0.15) is 5.82 Å². The minimum absolute atomic E-state index is 0.118. The molecule has 2 saturated heterocycles. The standard InChI is InChI=1S/C28H29F4N5O/c1-18-23-17-21(34-26(38)9-5-19-4-6-20(16-24(19)29)28(30,31)32)7-8-25(23)35-27(33-18)37-14-10-22(11-15-37)36-12-2-3-13-36/h4-9,16-17,22H,2-3,10-15H2,1H3,(H,34,38)/b9-5+. The number of anilines is 2. The number of halogens is 4. The molecule has 3 aromatic rings. The van der Waals surface area contributed by atoms with Gasteiger partial charge < -0.3 is 15.1 Å². The van der Waals surface area contributed by atoms with Gasteiger partial charge in [-0.05, 0) is 82.1 Å². The first kappa shape index (κ1) is 26.1. The molecule has 1 N–H and O–H groups in total. The number of rotatable bonds is 5. The Morgan fingerprint density at radius 2 is 1.76 bits per heavy atom. The summed E-state index contributed by atoms with van der Waals surface area (Å²) in [6.45, 7) is 6.16. The molecule has 200 valence electrons. The van der Waals surface area contributed by atoms with Gasteiger partial charge in [0.2, 0.25) is 11.9 Å². The molecule has 10 heteroatoms. The molecule has 0 bridgehead atoms. The van der Waals surface area contributed by atoms with E-state index in [-0.39, 0.29) is 5.56 Å². The highest BCUT2D eigenvalue weighted by molar-refractivity contribution is 6.03. The third-order valence-corrected chi connectivity index (χ3v) is 7.29. The summed E-state index contributed by atoms with van der Waals surface area (Å²) >= 11 is 0. The number of hydrogen-bond donors (Lipinski definition) is 1. The first-order chi connectivity index (χ1) is 18.2. The highest BCUT2D eigenvalue weighted by Gasteiger charge is 2.31. The van der Waals surface area contributed by atoms with Crippen LogP contribution in [0.1, 0.15) is 42.5 Å². The molecule has 0 unspecified atom stereocenters. The van der Waals surface area contributed by atoms with Crippen LogP contribution in [0.4, 0.5) is 29.2 Å². The van der Waals surface area contributed by atoms with Crippen molar-refractivity contribution >= 4 is 34.5 Å². The molecule has 0 atom stereocenters. The van der Waals surface area contributed by atoms with Gasteiger partial charge in [0, 0.05) is 41.8 Å². The predicted octanol–water partition coefficient (Wildman–Crippen LogP) is 5.81. The second-order valence-corrected chi connectivity index (χ2v) is 9.86. The molecule has 0 spiro atoms. The first-order valence-corrected chi connectivity index (χ1v) is 12.8. The van der Waals surface area contributed by atoms with Gasteiger partial charge >= 0.3 is 6.18 Å². The maximum absolute atomic E-state index is 14.0. The molecule has 0 radical (unpaired) electrons. The fourth-order valence-corrected chi connectivity index (χ4v) is 5.21. The van der Waals surface area contributed by atoms with Crippen LogP contribution in [-0.4, -0.2) is 53.0 Å². The molecule has 0 aliphatic carbocycles. The summed E-state index contributed by atoms with van der Waals surface area (Å²) in [7, 11) is 0. The molecule has 38 heavy (non-hydrogen) atoms. The van der Waals surface area contributed by atoms with Crippen molar-refractivity contribution in [1.82, 2.24) is 14.9 Å². The van der Waals surface area contributed by atoms with E-state index in [2.05, 4.69) is 15.1 Å². The lowest BCUT2D eigenvalue weighted by Gasteiger charge is -2.36. The Balaban J connectivity index is 1.24. The molecule has 1 aromatic heterocycles. The number of carbonyl (C=O) groups excluding carboxylic acids is 1. The molecule has 2 aliphatic rings. The highest BCUT2D eigenvalue weighted by atomic mass is 19.4. The van der Waals surface area contributed by atoms with Gasteiger partial charge in [-0.1, -0.05) is 6.07 Å². The minimum Gasteiger partial charge on any atom is -0.341 e. The van der Waals surface area contributed by atoms with Crippen molar-refractivity contribution < 1.29 is 22.4 Å². The van der Waals surface area contributed by atoms with Crippen LogP contribution < -0.4 is 10.2 Å². The normalized spacial score (nSPS) is 17.6. The van der Waals surface area contributed by atoms with Crippen molar-refractivity contribution in [2.45, 2.75) is 44.8 Å². The number of aryl methyl sites for hydroxylation is 1. The smallest absolute Gasteiger partial charge is 0.341 e. The average Bonchev–Trinajstić information content (AvgIpc) is 3.43. The van der Waals surface area contributed by atoms with E-state index >= 15 is 0 Å². The molecule has 5 rings (SSSR count). The van der Waals surface area contributed by atoms with Gasteiger partial charge in [-0.3, -0.25) is 4.79 Å². The van der Waals surface area contributed by atoms with Gasteiger partial charge in [0.05, 0.1) is 16.8 Å². The maximum Gasteiger partial charge on any atom is 0.416 e. The lowest BCUT2D eigenvalue weighted by molar-refractivity contribution is -0.137. The Labute approximate surface area is 218 Å². The van der Waals surface area contributed by atoms with Crippen LogP contribution in [0.5, 0.6) is 0 Å². The van der Waals surface area contributed by atoms with Gasteiger partial charge in [0.15, 0.2) is 0 Å². The van der Waals surface area contributed by atoms with Crippen molar-refractivity contribution in [2.75, 3.05) is 36.4 Å². The zero-order chi connectivity index (χ0) is 26.9. The Kier molecular flexibility index (Phi) is 7.34. The monoisotopic (exact) mass is 527 g/mol. The van der Waals surface area contributed by atoms with E-state index in [0.29, 0.717) is 23.7 Å². The SMILES string of the molecule is Cc1nc(N2CCC(N3CCCC3)CC2)nc2ccc(NC(=O)/C=C/c3ccc(C(F)(F)F)cc3F)cc12. The molecular formula is C28H29F4N5O. The quantitative estimate of drug-likeness (QED) is 0.335. The average molecular weight is 528 g/mol. The van der Waals surface area contributed by atoms with E-state index in [1.807, 2.05) is 13.0 Å². The van der Waals surface area contributed by atoms with Crippen LogP contribution in [-0.2, 0) is 11.0 Å². The van der Waals surface area contributed by atoms with E-state index in [4.69, 9.17) is 9.97 Å². The molecule has 6 nitrogen and oxygen atoms in total. The van der Waals surface area contributed by atoms with Crippen LogP contribution in [0.15, 0.2) is 42.5 Å². The highest BCUT2D eigenvalue weighted by Crippen LogP contribution is 2.31. The second kappa shape index (κ2) is 10.7. The molecule has 0 saturated carbocycles. The summed E-state index contributed by atoms with van der Waals surface area (Å²) in [4.78, 5) is 26.7. The Morgan fingerprint density at radius 1 is 1.03 bits per heavy atom. The number of nitrogens with one attached hydrogen (secondary N) is 1. The number of alkyl halides is 3. The van der Waals surface area contributed by atoms with Gasteiger partial charge in [-0.2, -0.15) is 13.2 Å². The number of likely N-dealkylation sites (tertiary alicyclic amines) is 1. The van der Waals surface area contributed by atoms with Crippen molar-refractivity contribution in [3.63, 3.8) is 0 Å². The fourth-order valence-electron chi connectivity index (χ4n) is 5.21. The summed E-state index contributed by atoms with van der Waals surface area (Å²) in [5, 5.41) is 3.50. The number of carbonyl (C=O) groups is 1. The van der Waals surface area contributed by atoms with Gasteiger partial charge in [-0.25, -0.2) is 14.4 Å². The summed E-state index contributed by atoms with van der Waals surface area (Å²) in [5.41, 5.74) is 0.874. The molecule has 2 aliphatic heterocycles. The maximum atomic E-state index is 14.0. The lowest BCUT2D eigenvalue weighted by Crippen LogP contribution is -2.44. The zero-order valence-corrected chi connectivity index (χ0v) is 21.1. The van der Waals surface area contributed by atoms with E-state index in [1.165, 1.54) is 25.9 Å². The molecule has 3 heterocycles. The number of fused-ring (bicyclic) bond motifs is 1. The number of nitrogens with zero attached hydrogens (tertiary/aromatic N) is 4. The summed E-state index contributed by atoms with van der Waals surface area (Å²) in [5.74, 6) is -0.883. The number of amides is 1. The second-order valence-electron chi connectivity index (χ2n) is 9.86. The fraction of sp³-hybridized carbons (Fsp3) is 0.393. The van der Waals surface area contributed by atoms with Crippen LogP contribution >= 0.6 is 0 Å².